The second kappa shape index (κ2) is 2.93. The van der Waals surface area contributed by atoms with Crippen molar-refractivity contribution in [2.75, 3.05) is 0 Å². The molecule has 4 heteroatoms. The molecule has 1 saturated carbocycles. The number of allylic oxidation sites excluding steroid dienone is 1. The Balaban J connectivity index is 2.73. The first-order valence-corrected chi connectivity index (χ1v) is 4.38. The minimum Gasteiger partial charge on any atom is -0.481 e. The standard InChI is InChI=1S/C8H10Cl2O2/c1-8(2)4(3-5(9)10)6(8)7(11)12/h3-4,6H,1-2H3,(H,11,12)/t4-,6+/m0/s1. The number of rotatable bonds is 2. The SMILES string of the molecule is CC1(C)[C@@H](C=C(Cl)Cl)[C@@H]1C(=O)O. The molecule has 0 spiro atoms. The molecule has 1 aliphatic rings. The molecule has 0 saturated heterocycles. The van der Waals surface area contributed by atoms with Crippen LogP contribution in [0.1, 0.15) is 13.8 Å². The van der Waals surface area contributed by atoms with Gasteiger partial charge in [-0.3, -0.25) is 4.79 Å². The fourth-order valence-corrected chi connectivity index (χ4v) is 1.87. The summed E-state index contributed by atoms with van der Waals surface area (Å²) >= 11 is 10.9. The fourth-order valence-electron chi connectivity index (χ4n) is 1.60. The Kier molecular flexibility index (Phi) is 2.41. The lowest BCUT2D eigenvalue weighted by Crippen LogP contribution is -2.02. The van der Waals surface area contributed by atoms with Crippen molar-refractivity contribution in [2.45, 2.75) is 13.8 Å². The molecule has 0 radical (unpaired) electrons. The number of hydrogen-bond donors (Lipinski definition) is 1. The van der Waals surface area contributed by atoms with Crippen molar-refractivity contribution in [1.82, 2.24) is 0 Å². The van der Waals surface area contributed by atoms with Gasteiger partial charge in [-0.15, -0.1) is 0 Å². The first-order chi connectivity index (χ1) is 5.37. The summed E-state index contributed by atoms with van der Waals surface area (Å²) < 4.78 is 0.150. The van der Waals surface area contributed by atoms with Crippen molar-refractivity contribution in [3.63, 3.8) is 0 Å². The molecule has 1 rings (SSSR count). The zero-order chi connectivity index (χ0) is 9.52. The smallest absolute Gasteiger partial charge is 0.307 e. The maximum absolute atomic E-state index is 10.7. The number of carbonyl (C=O) groups is 1. The molecule has 1 N–H and O–H groups in total. The van der Waals surface area contributed by atoms with E-state index >= 15 is 0 Å². The summed E-state index contributed by atoms with van der Waals surface area (Å²) in [4.78, 5) is 10.7. The van der Waals surface area contributed by atoms with Gasteiger partial charge in [0.1, 0.15) is 4.49 Å². The minimum absolute atomic E-state index is 0.0278. The lowest BCUT2D eigenvalue weighted by molar-refractivity contribution is -0.139. The number of halogens is 2. The summed E-state index contributed by atoms with van der Waals surface area (Å²) in [6, 6.07) is 0. The van der Waals surface area contributed by atoms with Gasteiger partial charge in [-0.1, -0.05) is 37.0 Å². The summed E-state index contributed by atoms with van der Waals surface area (Å²) in [7, 11) is 0. The van der Waals surface area contributed by atoms with Gasteiger partial charge >= 0.3 is 5.97 Å². The van der Waals surface area contributed by atoms with Gasteiger partial charge in [0.25, 0.3) is 0 Å². The highest BCUT2D eigenvalue weighted by Gasteiger charge is 2.60. The Morgan fingerprint density at radius 2 is 2.00 bits per heavy atom. The van der Waals surface area contributed by atoms with E-state index in [0.717, 1.165) is 0 Å². The van der Waals surface area contributed by atoms with E-state index in [0.29, 0.717) is 0 Å². The summed E-state index contributed by atoms with van der Waals surface area (Å²) in [6.07, 6.45) is 1.60. The average molecular weight is 209 g/mol. The second-order valence-electron chi connectivity index (χ2n) is 3.62. The Morgan fingerprint density at radius 1 is 1.50 bits per heavy atom. The zero-order valence-electron chi connectivity index (χ0n) is 6.84. The van der Waals surface area contributed by atoms with Crippen molar-refractivity contribution < 1.29 is 9.90 Å². The maximum Gasteiger partial charge on any atom is 0.307 e. The second-order valence-corrected chi connectivity index (χ2v) is 4.63. The molecule has 68 valence electrons. The number of carboxylic acid groups (broad SMARTS) is 1. The molecule has 1 aliphatic carbocycles. The maximum atomic E-state index is 10.7. The molecule has 2 atom stereocenters. The van der Waals surface area contributed by atoms with Gasteiger partial charge < -0.3 is 5.11 Å². The molecular formula is C8H10Cl2O2. The van der Waals surface area contributed by atoms with Crippen LogP contribution in [-0.4, -0.2) is 11.1 Å². The normalized spacial score (nSPS) is 31.0. The molecule has 0 aliphatic heterocycles. The monoisotopic (exact) mass is 208 g/mol. The van der Waals surface area contributed by atoms with Crippen LogP contribution in [0.2, 0.25) is 0 Å². The predicted octanol–water partition coefficient (Wildman–Crippen LogP) is 2.66. The molecular weight excluding hydrogens is 199 g/mol. The molecule has 0 unspecified atom stereocenters. The van der Waals surface area contributed by atoms with E-state index in [2.05, 4.69) is 0 Å². The topological polar surface area (TPSA) is 37.3 Å². The summed E-state index contributed by atoms with van der Waals surface area (Å²) in [6.45, 7) is 3.79. The van der Waals surface area contributed by atoms with Crippen LogP contribution in [0.5, 0.6) is 0 Å². The molecule has 0 heterocycles. The molecule has 0 aromatic rings. The number of aliphatic carboxylic acids is 1. The third-order valence-electron chi connectivity index (χ3n) is 2.48. The number of hydrogen-bond acceptors (Lipinski definition) is 1. The van der Waals surface area contributed by atoms with Crippen molar-refractivity contribution in [1.29, 1.82) is 0 Å². The lowest BCUT2D eigenvalue weighted by Gasteiger charge is -1.96. The van der Waals surface area contributed by atoms with Crippen LogP contribution in [0.25, 0.3) is 0 Å². The highest BCUT2D eigenvalue weighted by atomic mass is 35.5. The van der Waals surface area contributed by atoms with E-state index in [9.17, 15) is 4.79 Å². The van der Waals surface area contributed by atoms with Crippen LogP contribution in [0.15, 0.2) is 10.6 Å². The van der Waals surface area contributed by atoms with Gasteiger partial charge in [0.2, 0.25) is 0 Å². The first kappa shape index (κ1) is 9.87. The Morgan fingerprint density at radius 3 is 2.25 bits per heavy atom. The van der Waals surface area contributed by atoms with Crippen molar-refractivity contribution in [3.8, 4) is 0 Å². The van der Waals surface area contributed by atoms with Crippen LogP contribution in [0.3, 0.4) is 0 Å². The van der Waals surface area contributed by atoms with Crippen molar-refractivity contribution >= 4 is 29.2 Å². The van der Waals surface area contributed by atoms with Crippen LogP contribution < -0.4 is 0 Å². The van der Waals surface area contributed by atoms with Gasteiger partial charge in [-0.05, 0) is 17.4 Å². The van der Waals surface area contributed by atoms with Crippen LogP contribution in [0.4, 0.5) is 0 Å². The quantitative estimate of drug-likeness (QED) is 0.758. The van der Waals surface area contributed by atoms with Gasteiger partial charge in [-0.2, -0.15) is 0 Å². The van der Waals surface area contributed by atoms with Crippen LogP contribution in [0, 0.1) is 17.3 Å². The van der Waals surface area contributed by atoms with Crippen molar-refractivity contribution in [2.24, 2.45) is 17.3 Å². The van der Waals surface area contributed by atoms with E-state index in [4.69, 9.17) is 28.3 Å². The summed E-state index contributed by atoms with van der Waals surface area (Å²) in [5.41, 5.74) is -0.207. The third kappa shape index (κ3) is 1.59. The van der Waals surface area contributed by atoms with Crippen LogP contribution in [-0.2, 0) is 4.79 Å². The van der Waals surface area contributed by atoms with E-state index in [-0.39, 0.29) is 21.7 Å². The van der Waals surface area contributed by atoms with E-state index in [1.165, 1.54) is 0 Å². The molecule has 0 amide bonds. The molecule has 0 aromatic carbocycles. The lowest BCUT2D eigenvalue weighted by atomic mass is 10.1. The van der Waals surface area contributed by atoms with E-state index < -0.39 is 5.97 Å². The minimum atomic E-state index is -0.782. The van der Waals surface area contributed by atoms with Gasteiger partial charge in [-0.25, -0.2) is 0 Å². The Hall–Kier alpha value is -0.210. The molecule has 0 bridgehead atoms. The van der Waals surface area contributed by atoms with E-state index in [1.807, 2.05) is 13.8 Å². The van der Waals surface area contributed by atoms with E-state index in [1.54, 1.807) is 6.08 Å². The van der Waals surface area contributed by atoms with Crippen molar-refractivity contribution in [3.05, 3.63) is 10.6 Å². The first-order valence-electron chi connectivity index (χ1n) is 3.63. The molecule has 0 aromatic heterocycles. The average Bonchev–Trinajstić information content (AvgIpc) is 2.32. The molecule has 1 fully saturated rings. The largest absolute Gasteiger partial charge is 0.481 e. The Labute approximate surface area is 81.2 Å². The van der Waals surface area contributed by atoms with Gasteiger partial charge in [0, 0.05) is 0 Å². The highest BCUT2D eigenvalue weighted by molar-refractivity contribution is 6.55. The molecule has 12 heavy (non-hydrogen) atoms. The summed E-state index contributed by atoms with van der Waals surface area (Å²) in [5.74, 6) is -1.15. The highest BCUT2D eigenvalue weighted by Crippen LogP contribution is 2.59. The molecule has 2 nitrogen and oxygen atoms in total. The van der Waals surface area contributed by atoms with Gasteiger partial charge in [0.05, 0.1) is 5.92 Å². The fraction of sp³-hybridized carbons (Fsp3) is 0.625. The van der Waals surface area contributed by atoms with Gasteiger partial charge in [0.15, 0.2) is 0 Å². The number of carboxylic acids is 1. The zero-order valence-corrected chi connectivity index (χ0v) is 8.36. The summed E-state index contributed by atoms with van der Waals surface area (Å²) in [5, 5.41) is 8.76. The third-order valence-corrected chi connectivity index (χ3v) is 2.73. The Bertz CT molecular complexity index is 241. The predicted molar refractivity (Wildman–Crippen MR) is 48.2 cm³/mol. The van der Waals surface area contributed by atoms with Crippen LogP contribution >= 0.6 is 23.2 Å².